The van der Waals surface area contributed by atoms with Crippen LogP contribution in [0.5, 0.6) is 11.5 Å². The highest BCUT2D eigenvalue weighted by molar-refractivity contribution is 6.03. The van der Waals surface area contributed by atoms with Crippen molar-refractivity contribution in [2.24, 2.45) is 0 Å². The smallest absolute Gasteiger partial charge is 0.274 e. The van der Waals surface area contributed by atoms with Crippen molar-refractivity contribution in [3.8, 4) is 11.5 Å². The van der Waals surface area contributed by atoms with Gasteiger partial charge in [0.1, 0.15) is 17.8 Å². The Kier molecular flexibility index (Phi) is 4.57. The number of amides is 1. The number of aryl methyl sites for hydroxylation is 1. The molecule has 1 aliphatic rings. The molecule has 2 N–H and O–H groups in total. The lowest BCUT2D eigenvalue weighted by Gasteiger charge is -2.08. The number of carbonyl (C=O) groups excluding carboxylic acids is 1. The topological polar surface area (TPSA) is 85.4 Å². The first kappa shape index (κ1) is 16.8. The van der Waals surface area contributed by atoms with Crippen molar-refractivity contribution >= 4 is 17.4 Å². The van der Waals surface area contributed by atoms with E-state index in [1.165, 1.54) is 11.9 Å². The molecule has 4 rings (SSSR count). The quantitative estimate of drug-likeness (QED) is 0.724. The van der Waals surface area contributed by atoms with E-state index in [-0.39, 0.29) is 18.4 Å². The molecule has 136 valence electrons. The molecule has 0 bridgehead atoms. The number of anilines is 2. The maximum absolute atomic E-state index is 12.5. The van der Waals surface area contributed by atoms with Gasteiger partial charge in [-0.3, -0.25) is 4.79 Å². The van der Waals surface area contributed by atoms with Gasteiger partial charge in [0.05, 0.1) is 0 Å². The first-order valence-corrected chi connectivity index (χ1v) is 8.50. The van der Waals surface area contributed by atoms with E-state index in [4.69, 9.17) is 9.47 Å². The molecule has 7 heteroatoms. The van der Waals surface area contributed by atoms with Gasteiger partial charge in [0.2, 0.25) is 6.79 Å². The van der Waals surface area contributed by atoms with Crippen LogP contribution >= 0.6 is 0 Å². The predicted molar refractivity (Wildman–Crippen MR) is 101 cm³/mol. The van der Waals surface area contributed by atoms with Crippen LogP contribution in [-0.4, -0.2) is 22.7 Å². The van der Waals surface area contributed by atoms with E-state index in [1.807, 2.05) is 6.92 Å². The number of rotatable bonds is 5. The van der Waals surface area contributed by atoms with Crippen molar-refractivity contribution in [1.29, 1.82) is 0 Å². The average Bonchev–Trinajstić information content (AvgIpc) is 3.15. The third-order valence-corrected chi connectivity index (χ3v) is 4.12. The average molecular weight is 362 g/mol. The third kappa shape index (κ3) is 3.98. The molecule has 1 aliphatic heterocycles. The third-order valence-electron chi connectivity index (χ3n) is 4.12. The lowest BCUT2D eigenvalue weighted by atomic mass is 10.1. The van der Waals surface area contributed by atoms with E-state index in [0.29, 0.717) is 29.5 Å². The SMILES string of the molecule is Cc1ccc(CNc2cc(C(=O)Nc3ccc4c(c3)OCO4)ncn2)cc1. The Hall–Kier alpha value is -3.61. The molecule has 0 radical (unpaired) electrons. The highest BCUT2D eigenvalue weighted by Crippen LogP contribution is 2.34. The highest BCUT2D eigenvalue weighted by atomic mass is 16.7. The fourth-order valence-electron chi connectivity index (χ4n) is 2.65. The van der Waals surface area contributed by atoms with Crippen molar-refractivity contribution in [3.05, 3.63) is 71.7 Å². The van der Waals surface area contributed by atoms with Gasteiger partial charge in [-0.2, -0.15) is 0 Å². The van der Waals surface area contributed by atoms with Gasteiger partial charge in [-0.05, 0) is 24.6 Å². The number of hydrogen-bond donors (Lipinski definition) is 2. The second kappa shape index (κ2) is 7.33. The summed E-state index contributed by atoms with van der Waals surface area (Å²) in [5, 5.41) is 6.01. The van der Waals surface area contributed by atoms with Crippen LogP contribution in [0.25, 0.3) is 0 Å². The molecular weight excluding hydrogens is 344 g/mol. The fraction of sp³-hybridized carbons (Fsp3) is 0.150. The molecule has 0 saturated heterocycles. The minimum atomic E-state index is -0.324. The van der Waals surface area contributed by atoms with Gasteiger partial charge < -0.3 is 20.1 Å². The molecule has 0 saturated carbocycles. The second-order valence-electron chi connectivity index (χ2n) is 6.15. The van der Waals surface area contributed by atoms with E-state index < -0.39 is 0 Å². The van der Waals surface area contributed by atoms with Crippen LogP contribution in [0.4, 0.5) is 11.5 Å². The van der Waals surface area contributed by atoms with Gasteiger partial charge >= 0.3 is 0 Å². The number of carbonyl (C=O) groups is 1. The first-order valence-electron chi connectivity index (χ1n) is 8.50. The second-order valence-corrected chi connectivity index (χ2v) is 6.15. The lowest BCUT2D eigenvalue weighted by molar-refractivity contribution is 0.102. The number of aromatic nitrogens is 2. The Morgan fingerprint density at radius 2 is 1.85 bits per heavy atom. The Morgan fingerprint density at radius 1 is 1.04 bits per heavy atom. The van der Waals surface area contributed by atoms with Gasteiger partial charge in [-0.1, -0.05) is 29.8 Å². The highest BCUT2D eigenvalue weighted by Gasteiger charge is 2.15. The molecule has 0 unspecified atom stereocenters. The minimum absolute atomic E-state index is 0.189. The summed E-state index contributed by atoms with van der Waals surface area (Å²) >= 11 is 0. The molecule has 1 amide bonds. The molecule has 27 heavy (non-hydrogen) atoms. The van der Waals surface area contributed by atoms with E-state index in [2.05, 4.69) is 44.9 Å². The van der Waals surface area contributed by atoms with Crippen LogP contribution < -0.4 is 20.1 Å². The van der Waals surface area contributed by atoms with Crippen molar-refractivity contribution in [2.75, 3.05) is 17.4 Å². The van der Waals surface area contributed by atoms with Crippen molar-refractivity contribution in [1.82, 2.24) is 9.97 Å². The van der Waals surface area contributed by atoms with Gasteiger partial charge in [-0.15, -0.1) is 0 Å². The molecular formula is C20H18N4O3. The van der Waals surface area contributed by atoms with E-state index in [0.717, 1.165) is 5.56 Å². The Balaban J connectivity index is 1.42. The zero-order valence-corrected chi connectivity index (χ0v) is 14.7. The van der Waals surface area contributed by atoms with Crippen LogP contribution in [0.2, 0.25) is 0 Å². The number of fused-ring (bicyclic) bond motifs is 1. The van der Waals surface area contributed by atoms with Crippen LogP contribution in [-0.2, 0) is 6.54 Å². The number of ether oxygens (including phenoxy) is 2. The molecule has 1 aromatic heterocycles. The molecule has 2 aromatic carbocycles. The van der Waals surface area contributed by atoms with Crippen LogP contribution in [0, 0.1) is 6.92 Å². The van der Waals surface area contributed by atoms with E-state index in [1.54, 1.807) is 24.3 Å². The Bertz CT molecular complexity index is 973. The zero-order chi connectivity index (χ0) is 18.6. The monoisotopic (exact) mass is 362 g/mol. The summed E-state index contributed by atoms with van der Waals surface area (Å²) in [7, 11) is 0. The van der Waals surface area contributed by atoms with Gasteiger partial charge in [0.25, 0.3) is 5.91 Å². The summed E-state index contributed by atoms with van der Waals surface area (Å²) in [4.78, 5) is 20.7. The number of nitrogens with one attached hydrogen (secondary N) is 2. The van der Waals surface area contributed by atoms with Gasteiger partial charge in [0, 0.05) is 24.4 Å². The van der Waals surface area contributed by atoms with Gasteiger partial charge in [-0.25, -0.2) is 9.97 Å². The largest absolute Gasteiger partial charge is 0.454 e. The van der Waals surface area contributed by atoms with E-state index >= 15 is 0 Å². The summed E-state index contributed by atoms with van der Waals surface area (Å²) in [6.45, 7) is 2.85. The Morgan fingerprint density at radius 3 is 2.70 bits per heavy atom. The number of benzene rings is 2. The van der Waals surface area contributed by atoms with Crippen LogP contribution in [0.3, 0.4) is 0 Å². The summed E-state index contributed by atoms with van der Waals surface area (Å²) in [5.41, 5.74) is 3.22. The molecule has 0 atom stereocenters. The summed E-state index contributed by atoms with van der Waals surface area (Å²) in [6.07, 6.45) is 1.37. The molecule has 3 aromatic rings. The maximum Gasteiger partial charge on any atom is 0.274 e. The summed E-state index contributed by atoms with van der Waals surface area (Å²) < 4.78 is 10.6. The first-order chi connectivity index (χ1) is 13.2. The molecule has 0 aliphatic carbocycles. The number of hydrogen-bond acceptors (Lipinski definition) is 6. The van der Waals surface area contributed by atoms with Crippen LogP contribution in [0.1, 0.15) is 21.6 Å². The molecule has 0 spiro atoms. The summed E-state index contributed by atoms with van der Waals surface area (Å²) in [5.74, 6) is 1.53. The fourth-order valence-corrected chi connectivity index (χ4v) is 2.65. The summed E-state index contributed by atoms with van der Waals surface area (Å²) in [6, 6.07) is 15.1. The molecule has 2 heterocycles. The van der Waals surface area contributed by atoms with Gasteiger partial charge in [0.15, 0.2) is 11.5 Å². The maximum atomic E-state index is 12.5. The van der Waals surface area contributed by atoms with Crippen LogP contribution in [0.15, 0.2) is 54.9 Å². The standard InChI is InChI=1S/C20H18N4O3/c1-13-2-4-14(5-3-13)10-21-19-9-16(22-11-23-19)20(25)24-15-6-7-17-18(8-15)27-12-26-17/h2-9,11H,10,12H2,1H3,(H,24,25)(H,21,22,23). The van der Waals surface area contributed by atoms with E-state index in [9.17, 15) is 4.79 Å². The zero-order valence-electron chi connectivity index (χ0n) is 14.7. The Labute approximate surface area is 156 Å². The normalized spacial score (nSPS) is 11.9. The predicted octanol–water partition coefficient (Wildman–Crippen LogP) is 3.38. The number of nitrogens with zero attached hydrogens (tertiary/aromatic N) is 2. The van der Waals surface area contributed by atoms with Crippen molar-refractivity contribution in [2.45, 2.75) is 13.5 Å². The van der Waals surface area contributed by atoms with Crippen molar-refractivity contribution < 1.29 is 14.3 Å². The minimum Gasteiger partial charge on any atom is -0.454 e. The molecule has 0 fully saturated rings. The molecule has 7 nitrogen and oxygen atoms in total. The lowest BCUT2D eigenvalue weighted by Crippen LogP contribution is -2.14. The van der Waals surface area contributed by atoms with Crippen molar-refractivity contribution in [3.63, 3.8) is 0 Å².